The fraction of sp³-hybridized carbons (Fsp3) is 0.0800. The molecule has 0 fully saturated rings. The van der Waals surface area contributed by atoms with Gasteiger partial charge in [-0.1, -0.05) is 36.0 Å². The number of hydrogen-bond acceptors (Lipinski definition) is 5. The molecule has 156 valence electrons. The van der Waals surface area contributed by atoms with Gasteiger partial charge in [-0.15, -0.1) is 10.2 Å². The van der Waals surface area contributed by atoms with E-state index in [2.05, 4.69) is 16.3 Å². The van der Waals surface area contributed by atoms with Crippen LogP contribution in [0.5, 0.6) is 5.75 Å². The van der Waals surface area contributed by atoms with Gasteiger partial charge in [-0.25, -0.2) is 0 Å². The fourth-order valence-corrected chi connectivity index (χ4v) is 4.58. The summed E-state index contributed by atoms with van der Waals surface area (Å²) in [6.45, 7) is 0. The number of ether oxygens (including phenoxy) is 1. The molecular formula is C25H19N5OS. The zero-order valence-electron chi connectivity index (χ0n) is 17.3. The number of aromatic nitrogens is 4. The molecule has 0 N–H and O–H groups in total. The number of thioether (sulfide) groups is 1. The summed E-state index contributed by atoms with van der Waals surface area (Å²) in [5.74, 6) is 2.15. The van der Waals surface area contributed by atoms with Gasteiger partial charge in [0, 0.05) is 29.4 Å². The van der Waals surface area contributed by atoms with Crippen LogP contribution in [0.25, 0.3) is 22.6 Å². The molecule has 0 amide bonds. The Balaban J connectivity index is 1.53. The first-order valence-corrected chi connectivity index (χ1v) is 11.0. The topological polar surface area (TPSA) is 68.1 Å². The van der Waals surface area contributed by atoms with Crippen molar-refractivity contribution in [1.29, 1.82) is 5.26 Å². The quantitative estimate of drug-likeness (QED) is 0.335. The van der Waals surface area contributed by atoms with E-state index in [-0.39, 0.29) is 0 Å². The molecule has 0 spiro atoms. The van der Waals surface area contributed by atoms with E-state index in [1.54, 1.807) is 18.9 Å². The van der Waals surface area contributed by atoms with Gasteiger partial charge < -0.3 is 9.14 Å². The highest BCUT2D eigenvalue weighted by Gasteiger charge is 2.18. The third kappa shape index (κ3) is 3.61. The normalized spacial score (nSPS) is 10.9. The van der Waals surface area contributed by atoms with Crippen LogP contribution in [0.3, 0.4) is 0 Å². The van der Waals surface area contributed by atoms with Crippen molar-refractivity contribution >= 4 is 17.3 Å². The van der Waals surface area contributed by atoms with Crippen LogP contribution in [0.4, 0.5) is 0 Å². The highest BCUT2D eigenvalue weighted by Crippen LogP contribution is 2.32. The van der Waals surface area contributed by atoms with Crippen molar-refractivity contribution in [3.63, 3.8) is 0 Å². The summed E-state index contributed by atoms with van der Waals surface area (Å²) in [4.78, 5) is 0. The van der Waals surface area contributed by atoms with Gasteiger partial charge in [-0.2, -0.15) is 5.26 Å². The second-order valence-electron chi connectivity index (χ2n) is 7.13. The lowest BCUT2D eigenvalue weighted by atomic mass is 10.2. The van der Waals surface area contributed by atoms with Crippen molar-refractivity contribution in [2.45, 2.75) is 10.9 Å². The molecule has 0 aliphatic heterocycles. The molecule has 0 radical (unpaired) electrons. The van der Waals surface area contributed by atoms with Crippen LogP contribution in [0, 0.1) is 11.3 Å². The number of hydrogen-bond donors (Lipinski definition) is 0. The van der Waals surface area contributed by atoms with Crippen molar-refractivity contribution < 1.29 is 4.74 Å². The lowest BCUT2D eigenvalue weighted by molar-refractivity contribution is 0.415. The average Bonchev–Trinajstić information content (AvgIpc) is 3.44. The minimum atomic E-state index is 0.609. The van der Waals surface area contributed by atoms with E-state index in [1.807, 2.05) is 94.2 Å². The zero-order chi connectivity index (χ0) is 21.9. The first-order valence-electron chi connectivity index (χ1n) is 10.0. The van der Waals surface area contributed by atoms with Crippen LogP contribution in [0.2, 0.25) is 0 Å². The fourth-order valence-electron chi connectivity index (χ4n) is 3.66. The SMILES string of the molecule is COc1ccc(-c2nnc(SCc3cn4ccccc4c3C#N)n2-c2ccccc2)cc1. The Morgan fingerprint density at radius 1 is 0.969 bits per heavy atom. The molecule has 0 unspecified atom stereocenters. The molecule has 3 heterocycles. The Labute approximate surface area is 189 Å². The van der Waals surface area contributed by atoms with Crippen molar-refractivity contribution in [2.24, 2.45) is 0 Å². The minimum absolute atomic E-state index is 0.609. The maximum Gasteiger partial charge on any atom is 0.196 e. The Bertz CT molecular complexity index is 1410. The van der Waals surface area contributed by atoms with E-state index in [0.29, 0.717) is 11.3 Å². The van der Waals surface area contributed by atoms with Crippen molar-refractivity contribution in [3.05, 3.63) is 96.3 Å². The van der Waals surface area contributed by atoms with Crippen LogP contribution < -0.4 is 4.74 Å². The first kappa shape index (κ1) is 19.9. The van der Waals surface area contributed by atoms with E-state index in [1.165, 1.54) is 0 Å². The van der Waals surface area contributed by atoms with Gasteiger partial charge in [0.2, 0.25) is 0 Å². The monoisotopic (exact) mass is 437 g/mol. The molecule has 7 heteroatoms. The smallest absolute Gasteiger partial charge is 0.196 e. The van der Waals surface area contributed by atoms with Crippen LogP contribution in [-0.2, 0) is 5.75 Å². The van der Waals surface area contributed by atoms with Gasteiger partial charge in [0.05, 0.1) is 18.2 Å². The van der Waals surface area contributed by atoms with Gasteiger partial charge in [-0.05, 0) is 54.1 Å². The van der Waals surface area contributed by atoms with Crippen LogP contribution >= 0.6 is 11.8 Å². The number of benzene rings is 2. The van der Waals surface area contributed by atoms with E-state index in [0.717, 1.165) is 39.1 Å². The molecule has 32 heavy (non-hydrogen) atoms. The first-order chi connectivity index (χ1) is 15.8. The molecule has 0 saturated heterocycles. The Morgan fingerprint density at radius 3 is 2.50 bits per heavy atom. The van der Waals surface area contributed by atoms with E-state index in [4.69, 9.17) is 4.74 Å². The summed E-state index contributed by atoms with van der Waals surface area (Å²) in [6, 6.07) is 26.0. The maximum atomic E-state index is 9.71. The Hall–Kier alpha value is -4.02. The summed E-state index contributed by atoms with van der Waals surface area (Å²) in [6.07, 6.45) is 3.97. The summed E-state index contributed by atoms with van der Waals surface area (Å²) >= 11 is 1.56. The molecule has 0 aliphatic carbocycles. The molecule has 0 aliphatic rings. The average molecular weight is 438 g/mol. The third-order valence-corrected chi connectivity index (χ3v) is 6.20. The molecular weight excluding hydrogens is 418 g/mol. The summed E-state index contributed by atoms with van der Waals surface area (Å²) in [5, 5.41) is 19.5. The standard InChI is InChI=1S/C25H19N5OS/c1-31-21-12-10-18(11-13-21)24-27-28-25(30(24)20-7-3-2-4-8-20)32-17-19-16-29-14-6-5-9-23(29)22(19)15-26/h2-14,16H,17H2,1H3. The van der Waals surface area contributed by atoms with Gasteiger partial charge in [-0.3, -0.25) is 4.57 Å². The van der Waals surface area contributed by atoms with E-state index in [9.17, 15) is 5.26 Å². The predicted molar refractivity (Wildman–Crippen MR) is 125 cm³/mol. The van der Waals surface area contributed by atoms with Crippen LogP contribution in [0.1, 0.15) is 11.1 Å². The van der Waals surface area contributed by atoms with Crippen molar-refractivity contribution in [1.82, 2.24) is 19.2 Å². The maximum absolute atomic E-state index is 9.71. The summed E-state index contributed by atoms with van der Waals surface area (Å²) in [5.41, 5.74) is 4.50. The lowest BCUT2D eigenvalue weighted by Gasteiger charge is -2.10. The molecule has 2 aromatic carbocycles. The van der Waals surface area contributed by atoms with Crippen molar-refractivity contribution in [2.75, 3.05) is 7.11 Å². The highest BCUT2D eigenvalue weighted by molar-refractivity contribution is 7.98. The highest BCUT2D eigenvalue weighted by atomic mass is 32.2. The second kappa shape index (κ2) is 8.61. The third-order valence-electron chi connectivity index (χ3n) is 5.23. The number of para-hydroxylation sites is 1. The van der Waals surface area contributed by atoms with Gasteiger partial charge in [0.25, 0.3) is 0 Å². The largest absolute Gasteiger partial charge is 0.497 e. The number of fused-ring (bicyclic) bond motifs is 1. The van der Waals surface area contributed by atoms with Gasteiger partial charge in [0.15, 0.2) is 11.0 Å². The van der Waals surface area contributed by atoms with Crippen molar-refractivity contribution in [3.8, 4) is 28.9 Å². The number of methoxy groups -OCH3 is 1. The number of pyridine rings is 1. The van der Waals surface area contributed by atoms with Crippen LogP contribution in [0.15, 0.2) is 90.3 Å². The van der Waals surface area contributed by atoms with Gasteiger partial charge in [0.1, 0.15) is 11.8 Å². The summed E-state index contributed by atoms with van der Waals surface area (Å²) < 4.78 is 9.32. The second-order valence-corrected chi connectivity index (χ2v) is 8.07. The Kier molecular flexibility index (Phi) is 5.36. The van der Waals surface area contributed by atoms with Gasteiger partial charge >= 0.3 is 0 Å². The number of rotatable bonds is 6. The van der Waals surface area contributed by atoms with E-state index < -0.39 is 0 Å². The molecule has 3 aromatic heterocycles. The molecule has 5 aromatic rings. The minimum Gasteiger partial charge on any atom is -0.497 e. The molecule has 0 atom stereocenters. The number of nitrogens with zero attached hydrogens (tertiary/aromatic N) is 5. The Morgan fingerprint density at radius 2 is 1.75 bits per heavy atom. The molecule has 0 bridgehead atoms. The molecule has 5 rings (SSSR count). The predicted octanol–water partition coefficient (Wildman–Crippen LogP) is 5.36. The molecule has 0 saturated carbocycles. The lowest BCUT2D eigenvalue weighted by Crippen LogP contribution is -1.99. The van der Waals surface area contributed by atoms with E-state index >= 15 is 0 Å². The van der Waals surface area contributed by atoms with Crippen LogP contribution in [-0.4, -0.2) is 26.3 Å². The zero-order valence-corrected chi connectivity index (χ0v) is 18.2. The molecule has 6 nitrogen and oxygen atoms in total. The summed E-state index contributed by atoms with van der Waals surface area (Å²) in [7, 11) is 1.65. The number of nitriles is 1.